The van der Waals surface area contributed by atoms with Gasteiger partial charge >= 0.3 is 0 Å². The van der Waals surface area contributed by atoms with Gasteiger partial charge in [-0.25, -0.2) is 9.37 Å². The van der Waals surface area contributed by atoms with Gasteiger partial charge in [-0.3, -0.25) is 4.79 Å². The van der Waals surface area contributed by atoms with Crippen LogP contribution in [0.15, 0.2) is 24.3 Å². The zero-order valence-electron chi connectivity index (χ0n) is 13.6. The maximum absolute atomic E-state index is 13.7. The van der Waals surface area contributed by atoms with Gasteiger partial charge in [0.05, 0.1) is 6.04 Å². The topological polar surface area (TPSA) is 49.3 Å². The van der Waals surface area contributed by atoms with Gasteiger partial charge in [0.2, 0.25) is 11.0 Å². The molecule has 2 aliphatic rings. The maximum Gasteiger partial charge on any atom is 0.219 e. The SMILES string of the molecule is CC(=O)N1C[C@H]2CN(c3nc(C)ns3)C[C@H]2[C@@H]1c1cccc(F)c1. The van der Waals surface area contributed by atoms with Crippen molar-refractivity contribution in [3.63, 3.8) is 0 Å². The molecule has 0 unspecified atom stereocenters. The van der Waals surface area contributed by atoms with Crippen molar-refractivity contribution in [2.75, 3.05) is 24.5 Å². The zero-order chi connectivity index (χ0) is 16.8. The largest absolute Gasteiger partial charge is 0.346 e. The Hall–Kier alpha value is -2.02. The molecule has 7 heteroatoms. The highest BCUT2D eigenvalue weighted by Gasteiger charge is 2.49. The molecule has 0 spiro atoms. The number of benzene rings is 1. The summed E-state index contributed by atoms with van der Waals surface area (Å²) < 4.78 is 18.0. The molecule has 5 nitrogen and oxygen atoms in total. The average Bonchev–Trinajstić information content (AvgIpc) is 3.19. The summed E-state index contributed by atoms with van der Waals surface area (Å²) in [5.41, 5.74) is 0.882. The van der Waals surface area contributed by atoms with Gasteiger partial charge in [0, 0.05) is 49.9 Å². The van der Waals surface area contributed by atoms with E-state index in [1.807, 2.05) is 17.9 Å². The van der Waals surface area contributed by atoms with Crippen molar-refractivity contribution in [2.45, 2.75) is 19.9 Å². The molecular formula is C17H19FN4OS. The van der Waals surface area contributed by atoms with Gasteiger partial charge in [-0.05, 0) is 24.6 Å². The minimum absolute atomic E-state index is 0.0528. The maximum atomic E-state index is 13.7. The minimum Gasteiger partial charge on any atom is -0.346 e. The smallest absolute Gasteiger partial charge is 0.219 e. The van der Waals surface area contributed by atoms with Crippen molar-refractivity contribution in [3.05, 3.63) is 41.5 Å². The van der Waals surface area contributed by atoms with Crippen molar-refractivity contribution in [3.8, 4) is 0 Å². The van der Waals surface area contributed by atoms with Crippen molar-refractivity contribution in [1.29, 1.82) is 0 Å². The molecule has 1 aromatic heterocycles. The number of anilines is 1. The second-order valence-electron chi connectivity index (χ2n) is 6.62. The summed E-state index contributed by atoms with van der Waals surface area (Å²) >= 11 is 1.42. The normalized spacial score (nSPS) is 26.0. The van der Waals surface area contributed by atoms with E-state index in [0.717, 1.165) is 36.2 Å². The lowest BCUT2D eigenvalue weighted by Crippen LogP contribution is -2.34. The number of carbonyl (C=O) groups is 1. The number of carbonyl (C=O) groups excluding carboxylic acids is 1. The molecule has 3 atom stereocenters. The number of nitrogens with zero attached hydrogens (tertiary/aromatic N) is 4. The number of aryl methyl sites for hydroxylation is 1. The lowest BCUT2D eigenvalue weighted by atomic mass is 9.89. The van der Waals surface area contributed by atoms with Crippen LogP contribution in [-0.2, 0) is 4.79 Å². The number of amides is 1. The van der Waals surface area contributed by atoms with E-state index in [-0.39, 0.29) is 17.8 Å². The Bertz CT molecular complexity index is 779. The highest BCUT2D eigenvalue weighted by atomic mass is 32.1. The predicted octanol–water partition coefficient (Wildman–Crippen LogP) is 2.64. The highest BCUT2D eigenvalue weighted by molar-refractivity contribution is 7.09. The Morgan fingerprint density at radius 2 is 2.17 bits per heavy atom. The van der Waals surface area contributed by atoms with Crippen LogP contribution in [0.25, 0.3) is 0 Å². The molecule has 0 saturated carbocycles. The summed E-state index contributed by atoms with van der Waals surface area (Å²) in [6.07, 6.45) is 0. The van der Waals surface area contributed by atoms with E-state index >= 15 is 0 Å². The number of halogens is 1. The predicted molar refractivity (Wildman–Crippen MR) is 90.4 cm³/mol. The molecule has 0 aliphatic carbocycles. The van der Waals surface area contributed by atoms with Crippen molar-refractivity contribution < 1.29 is 9.18 Å². The molecule has 1 aromatic carbocycles. The fraction of sp³-hybridized carbons (Fsp3) is 0.471. The number of aromatic nitrogens is 2. The van der Waals surface area contributed by atoms with Crippen LogP contribution in [0, 0.1) is 24.6 Å². The van der Waals surface area contributed by atoms with Gasteiger partial charge in [-0.2, -0.15) is 4.37 Å². The Labute approximate surface area is 144 Å². The van der Waals surface area contributed by atoms with Crippen LogP contribution in [-0.4, -0.2) is 39.8 Å². The Kier molecular flexibility index (Phi) is 3.75. The summed E-state index contributed by atoms with van der Waals surface area (Å²) in [5.74, 6) is 1.26. The lowest BCUT2D eigenvalue weighted by molar-refractivity contribution is -0.130. The van der Waals surface area contributed by atoms with Gasteiger partial charge < -0.3 is 9.80 Å². The monoisotopic (exact) mass is 346 g/mol. The van der Waals surface area contributed by atoms with Crippen molar-refractivity contribution in [1.82, 2.24) is 14.3 Å². The van der Waals surface area contributed by atoms with Gasteiger partial charge in [-0.1, -0.05) is 12.1 Å². The number of fused-ring (bicyclic) bond motifs is 1. The summed E-state index contributed by atoms with van der Waals surface area (Å²) in [6.45, 7) is 5.90. The van der Waals surface area contributed by atoms with E-state index in [1.165, 1.54) is 17.6 Å². The molecule has 2 saturated heterocycles. The van der Waals surface area contributed by atoms with Crippen molar-refractivity contribution >= 4 is 22.6 Å². The first kappa shape index (κ1) is 15.5. The Morgan fingerprint density at radius 1 is 1.33 bits per heavy atom. The highest BCUT2D eigenvalue weighted by Crippen LogP contribution is 2.46. The quantitative estimate of drug-likeness (QED) is 0.839. The number of hydrogen-bond donors (Lipinski definition) is 0. The Balaban J connectivity index is 1.64. The van der Waals surface area contributed by atoms with Crippen LogP contribution in [0.1, 0.15) is 24.4 Å². The molecule has 2 aromatic rings. The third-order valence-corrected chi connectivity index (χ3v) is 5.91. The first-order valence-corrected chi connectivity index (χ1v) is 8.88. The van der Waals surface area contributed by atoms with Gasteiger partial charge in [-0.15, -0.1) is 0 Å². The van der Waals surface area contributed by atoms with E-state index in [1.54, 1.807) is 19.1 Å². The van der Waals surface area contributed by atoms with E-state index in [2.05, 4.69) is 14.3 Å². The van der Waals surface area contributed by atoms with Crippen molar-refractivity contribution in [2.24, 2.45) is 11.8 Å². The molecular weight excluding hydrogens is 327 g/mol. The van der Waals surface area contributed by atoms with Crippen LogP contribution in [0.3, 0.4) is 0 Å². The first-order valence-electron chi connectivity index (χ1n) is 8.11. The third-order valence-electron chi connectivity index (χ3n) is 5.05. The Morgan fingerprint density at radius 3 is 2.83 bits per heavy atom. The second kappa shape index (κ2) is 5.81. The number of hydrogen-bond acceptors (Lipinski definition) is 5. The fourth-order valence-electron chi connectivity index (χ4n) is 4.06. The summed E-state index contributed by atoms with van der Waals surface area (Å²) in [4.78, 5) is 20.7. The molecule has 24 heavy (non-hydrogen) atoms. The number of likely N-dealkylation sites (tertiary alicyclic amines) is 1. The summed E-state index contributed by atoms with van der Waals surface area (Å²) in [6, 6.07) is 6.57. The molecule has 0 N–H and O–H groups in total. The molecule has 2 aliphatic heterocycles. The minimum atomic E-state index is -0.256. The summed E-state index contributed by atoms with van der Waals surface area (Å²) in [7, 11) is 0. The zero-order valence-corrected chi connectivity index (χ0v) is 14.5. The van der Waals surface area contributed by atoms with Gasteiger partial charge in [0.1, 0.15) is 11.6 Å². The van der Waals surface area contributed by atoms with Crippen LogP contribution >= 0.6 is 11.5 Å². The molecule has 126 valence electrons. The second-order valence-corrected chi connectivity index (χ2v) is 7.35. The third kappa shape index (κ3) is 2.56. The van der Waals surface area contributed by atoms with Crippen LogP contribution in [0.2, 0.25) is 0 Å². The molecule has 2 fully saturated rings. The van der Waals surface area contributed by atoms with Gasteiger partial charge in [0.25, 0.3) is 0 Å². The first-order chi connectivity index (χ1) is 11.5. The van der Waals surface area contributed by atoms with E-state index in [9.17, 15) is 9.18 Å². The lowest BCUT2D eigenvalue weighted by Gasteiger charge is -2.29. The van der Waals surface area contributed by atoms with Gasteiger partial charge in [0.15, 0.2) is 0 Å². The molecule has 0 bridgehead atoms. The van der Waals surface area contributed by atoms with Crippen LogP contribution in [0.4, 0.5) is 9.52 Å². The molecule has 4 rings (SSSR count). The molecule has 1 amide bonds. The van der Waals surface area contributed by atoms with E-state index < -0.39 is 0 Å². The molecule has 0 radical (unpaired) electrons. The van der Waals surface area contributed by atoms with E-state index in [0.29, 0.717) is 11.8 Å². The van der Waals surface area contributed by atoms with E-state index in [4.69, 9.17) is 0 Å². The standard InChI is InChI=1S/C17H19FN4OS/c1-10-19-17(24-20-10)21-7-13-8-22(11(2)23)16(15(13)9-21)12-4-3-5-14(18)6-12/h3-6,13,15-16H,7-9H2,1-2H3/t13-,15-,16+/m1/s1. The number of rotatable bonds is 2. The van der Waals surface area contributed by atoms with Crippen LogP contribution < -0.4 is 4.90 Å². The summed E-state index contributed by atoms with van der Waals surface area (Å²) in [5, 5.41) is 0.939. The average molecular weight is 346 g/mol. The fourth-order valence-corrected chi connectivity index (χ4v) is 4.75. The molecule has 3 heterocycles. The van der Waals surface area contributed by atoms with Crippen LogP contribution in [0.5, 0.6) is 0 Å².